The number of aliphatic carboxylic acids is 1. The lowest BCUT2D eigenvalue weighted by molar-refractivity contribution is -0.137. The van der Waals surface area contributed by atoms with Crippen LogP contribution in [0.4, 0.5) is 0 Å². The third-order valence-electron chi connectivity index (χ3n) is 3.61. The second-order valence-electron chi connectivity index (χ2n) is 5.67. The summed E-state index contributed by atoms with van der Waals surface area (Å²) in [6, 6.07) is 2.41. The molecule has 5 heteroatoms. The summed E-state index contributed by atoms with van der Waals surface area (Å²) in [5.74, 6) is -0.158. The van der Waals surface area contributed by atoms with Crippen LogP contribution in [0, 0.1) is 5.92 Å². The summed E-state index contributed by atoms with van der Waals surface area (Å²) in [5.41, 5.74) is 1.23. The highest BCUT2D eigenvalue weighted by Crippen LogP contribution is 2.31. The smallest absolute Gasteiger partial charge is 0.304 e. The van der Waals surface area contributed by atoms with Crippen molar-refractivity contribution in [3.63, 3.8) is 0 Å². The highest BCUT2D eigenvalue weighted by atomic mass is 16.4. The van der Waals surface area contributed by atoms with Crippen molar-refractivity contribution in [3.8, 4) is 0 Å². The lowest BCUT2D eigenvalue weighted by Crippen LogP contribution is -2.28. The Balaban J connectivity index is 2.07. The minimum atomic E-state index is -0.721. The van der Waals surface area contributed by atoms with Gasteiger partial charge in [0.25, 0.3) is 0 Å². The lowest BCUT2D eigenvalue weighted by atomic mass is 10.1. The van der Waals surface area contributed by atoms with E-state index in [0.717, 1.165) is 25.9 Å². The molecule has 106 valence electrons. The summed E-state index contributed by atoms with van der Waals surface area (Å²) in [7, 11) is 0. The molecular weight excluding hydrogens is 242 g/mol. The number of nitrogens with zero attached hydrogens (tertiary/aromatic N) is 3. The number of carboxylic acids is 1. The summed E-state index contributed by atoms with van der Waals surface area (Å²) in [5, 5.41) is 13.2. The molecule has 1 atom stereocenters. The first kappa shape index (κ1) is 14.1. The highest BCUT2D eigenvalue weighted by Gasteiger charge is 2.28. The average molecular weight is 265 g/mol. The van der Waals surface area contributed by atoms with Crippen molar-refractivity contribution in [2.75, 3.05) is 13.1 Å². The molecule has 2 heterocycles. The maximum Gasteiger partial charge on any atom is 0.304 e. The Morgan fingerprint density at radius 3 is 3.05 bits per heavy atom. The molecule has 0 saturated carbocycles. The van der Waals surface area contributed by atoms with Crippen molar-refractivity contribution in [2.24, 2.45) is 5.92 Å². The Morgan fingerprint density at radius 1 is 1.58 bits per heavy atom. The fourth-order valence-corrected chi connectivity index (χ4v) is 2.79. The first-order chi connectivity index (χ1) is 9.08. The topological polar surface area (TPSA) is 58.4 Å². The van der Waals surface area contributed by atoms with E-state index < -0.39 is 5.97 Å². The van der Waals surface area contributed by atoms with Crippen LogP contribution in [-0.2, 0) is 11.3 Å². The number of aromatic nitrogens is 2. The van der Waals surface area contributed by atoms with Crippen molar-refractivity contribution < 1.29 is 9.90 Å². The number of hydrogen-bond donors (Lipinski definition) is 1. The predicted molar refractivity (Wildman–Crippen MR) is 72.9 cm³/mol. The van der Waals surface area contributed by atoms with Crippen molar-refractivity contribution >= 4 is 5.97 Å². The van der Waals surface area contributed by atoms with E-state index >= 15 is 0 Å². The first-order valence-corrected chi connectivity index (χ1v) is 7.05. The van der Waals surface area contributed by atoms with E-state index in [1.54, 1.807) is 0 Å². The molecule has 1 fully saturated rings. The van der Waals surface area contributed by atoms with Gasteiger partial charge in [-0.05, 0) is 31.4 Å². The zero-order valence-corrected chi connectivity index (χ0v) is 11.7. The molecule has 0 aliphatic carbocycles. The van der Waals surface area contributed by atoms with E-state index in [2.05, 4.69) is 34.6 Å². The van der Waals surface area contributed by atoms with E-state index in [1.165, 1.54) is 5.69 Å². The van der Waals surface area contributed by atoms with Gasteiger partial charge in [0.15, 0.2) is 0 Å². The van der Waals surface area contributed by atoms with Crippen LogP contribution < -0.4 is 0 Å². The summed E-state index contributed by atoms with van der Waals surface area (Å²) in [4.78, 5) is 13.0. The van der Waals surface area contributed by atoms with Crippen molar-refractivity contribution in [1.29, 1.82) is 0 Å². The number of carboxylic acid groups (broad SMARTS) is 1. The molecular formula is C14H23N3O2. The largest absolute Gasteiger partial charge is 0.481 e. The van der Waals surface area contributed by atoms with Crippen LogP contribution in [0.1, 0.15) is 44.8 Å². The highest BCUT2D eigenvalue weighted by molar-refractivity contribution is 5.66. The Bertz CT molecular complexity index is 428. The monoisotopic (exact) mass is 265 g/mol. The average Bonchev–Trinajstić information content (AvgIpc) is 2.93. The summed E-state index contributed by atoms with van der Waals surface area (Å²) in [6.07, 6.45) is 4.31. The predicted octanol–water partition coefficient (Wildman–Crippen LogP) is 2.15. The number of carbonyl (C=O) groups is 1. The SMILES string of the molecule is CC(C)Cn1nccc1C1CCCN1CCC(=O)O. The van der Waals surface area contributed by atoms with E-state index in [0.29, 0.717) is 18.5 Å². The van der Waals surface area contributed by atoms with Gasteiger partial charge in [-0.2, -0.15) is 5.10 Å². The minimum Gasteiger partial charge on any atom is -0.481 e. The Hall–Kier alpha value is -1.36. The molecule has 1 aromatic rings. The second-order valence-corrected chi connectivity index (χ2v) is 5.67. The maximum absolute atomic E-state index is 10.7. The molecule has 1 saturated heterocycles. The molecule has 1 aromatic heterocycles. The third-order valence-corrected chi connectivity index (χ3v) is 3.61. The van der Waals surface area contributed by atoms with Gasteiger partial charge in [0, 0.05) is 19.3 Å². The molecule has 2 rings (SSSR count). The Kier molecular flexibility index (Phi) is 4.58. The molecule has 0 aromatic carbocycles. The zero-order chi connectivity index (χ0) is 13.8. The zero-order valence-electron chi connectivity index (χ0n) is 11.7. The number of hydrogen-bond acceptors (Lipinski definition) is 3. The van der Waals surface area contributed by atoms with Crippen LogP contribution in [0.25, 0.3) is 0 Å². The molecule has 1 N–H and O–H groups in total. The quantitative estimate of drug-likeness (QED) is 0.856. The normalized spacial score (nSPS) is 20.3. The van der Waals surface area contributed by atoms with Crippen molar-refractivity contribution in [1.82, 2.24) is 14.7 Å². The number of rotatable bonds is 6. The summed E-state index contributed by atoms with van der Waals surface area (Å²) in [6.45, 7) is 6.91. The van der Waals surface area contributed by atoms with Crippen molar-refractivity contribution in [2.45, 2.75) is 45.7 Å². The molecule has 19 heavy (non-hydrogen) atoms. The molecule has 1 unspecified atom stereocenters. The standard InChI is InChI=1S/C14H23N3O2/c1-11(2)10-17-13(5-7-15-17)12-4-3-8-16(12)9-6-14(18)19/h5,7,11-12H,3-4,6,8-10H2,1-2H3,(H,18,19). The van der Waals surface area contributed by atoms with Gasteiger partial charge in [-0.1, -0.05) is 13.8 Å². The summed E-state index contributed by atoms with van der Waals surface area (Å²) < 4.78 is 2.08. The van der Waals surface area contributed by atoms with Gasteiger partial charge < -0.3 is 5.11 Å². The van der Waals surface area contributed by atoms with E-state index in [-0.39, 0.29) is 6.42 Å². The van der Waals surface area contributed by atoms with E-state index in [1.807, 2.05) is 6.20 Å². The molecule has 0 radical (unpaired) electrons. The fraction of sp³-hybridized carbons (Fsp3) is 0.714. The van der Waals surface area contributed by atoms with Gasteiger partial charge in [0.05, 0.1) is 18.2 Å². The second kappa shape index (κ2) is 6.19. The molecule has 1 aliphatic rings. The van der Waals surface area contributed by atoms with Crippen molar-refractivity contribution in [3.05, 3.63) is 18.0 Å². The van der Waals surface area contributed by atoms with Crippen LogP contribution in [0.3, 0.4) is 0 Å². The van der Waals surface area contributed by atoms with Gasteiger partial charge in [0.1, 0.15) is 0 Å². The Labute approximate surface area is 114 Å². The summed E-state index contributed by atoms with van der Waals surface area (Å²) >= 11 is 0. The van der Waals surface area contributed by atoms with Crippen LogP contribution in [-0.4, -0.2) is 38.8 Å². The minimum absolute atomic E-state index is 0.217. The van der Waals surface area contributed by atoms with Crippen LogP contribution in [0.5, 0.6) is 0 Å². The maximum atomic E-state index is 10.7. The molecule has 0 amide bonds. The van der Waals surface area contributed by atoms with Crippen LogP contribution >= 0.6 is 0 Å². The van der Waals surface area contributed by atoms with Crippen LogP contribution in [0.2, 0.25) is 0 Å². The molecule has 0 bridgehead atoms. The van der Waals surface area contributed by atoms with Gasteiger partial charge in [-0.15, -0.1) is 0 Å². The number of likely N-dealkylation sites (tertiary alicyclic amines) is 1. The molecule has 5 nitrogen and oxygen atoms in total. The molecule has 0 spiro atoms. The van der Waals surface area contributed by atoms with Gasteiger partial charge in [0.2, 0.25) is 0 Å². The van der Waals surface area contributed by atoms with Gasteiger partial charge in [-0.3, -0.25) is 14.4 Å². The van der Waals surface area contributed by atoms with Gasteiger partial charge in [-0.25, -0.2) is 0 Å². The molecule has 1 aliphatic heterocycles. The van der Waals surface area contributed by atoms with Gasteiger partial charge >= 0.3 is 5.97 Å². The third kappa shape index (κ3) is 3.56. The Morgan fingerprint density at radius 2 is 2.37 bits per heavy atom. The first-order valence-electron chi connectivity index (χ1n) is 7.05. The fourth-order valence-electron chi connectivity index (χ4n) is 2.79. The van der Waals surface area contributed by atoms with E-state index in [4.69, 9.17) is 5.11 Å². The lowest BCUT2D eigenvalue weighted by Gasteiger charge is -2.25. The van der Waals surface area contributed by atoms with Crippen LogP contribution in [0.15, 0.2) is 12.3 Å². The van der Waals surface area contributed by atoms with E-state index in [9.17, 15) is 4.79 Å².